The van der Waals surface area contributed by atoms with Gasteiger partial charge in [0, 0.05) is 6.42 Å². The summed E-state index contributed by atoms with van der Waals surface area (Å²) in [5.74, 6) is -2.66. The molecule has 0 spiro atoms. The predicted molar refractivity (Wildman–Crippen MR) is 49.8 cm³/mol. The van der Waals surface area contributed by atoms with Crippen molar-refractivity contribution in [2.24, 2.45) is 11.1 Å². The molecule has 0 radical (unpaired) electrons. The lowest BCUT2D eigenvalue weighted by molar-refractivity contribution is -0.0431. The summed E-state index contributed by atoms with van der Waals surface area (Å²) in [6, 6.07) is 0. The third kappa shape index (κ3) is 3.22. The van der Waals surface area contributed by atoms with Crippen molar-refractivity contribution >= 4 is 0 Å². The average Bonchev–Trinajstić information content (AvgIpc) is 2.04. The summed E-state index contributed by atoms with van der Waals surface area (Å²) >= 11 is 0. The maximum Gasteiger partial charge on any atom is 0.260 e. The number of nitrogens with two attached hydrogens (primary N) is 1. The first-order valence-electron chi connectivity index (χ1n) is 5.05. The summed E-state index contributed by atoms with van der Waals surface area (Å²) in [7, 11) is 0. The second kappa shape index (κ2) is 3.91. The van der Waals surface area contributed by atoms with Crippen molar-refractivity contribution in [1.82, 2.24) is 0 Å². The Morgan fingerprint density at radius 1 is 1.23 bits per heavy atom. The molecule has 0 bridgehead atoms. The molecule has 0 saturated heterocycles. The smallest absolute Gasteiger partial charge is 0.260 e. The van der Waals surface area contributed by atoms with E-state index in [9.17, 15) is 8.78 Å². The van der Waals surface area contributed by atoms with Crippen LogP contribution in [0.15, 0.2) is 0 Å². The fourth-order valence-corrected chi connectivity index (χ4v) is 2.28. The largest absolute Gasteiger partial charge is 0.325 e. The van der Waals surface area contributed by atoms with Crippen LogP contribution in [0, 0.1) is 5.41 Å². The Morgan fingerprint density at radius 3 is 2.23 bits per heavy atom. The number of hydrogen-bond donors (Lipinski definition) is 1. The van der Waals surface area contributed by atoms with Gasteiger partial charge >= 0.3 is 0 Å². The number of halogens is 2. The lowest BCUT2D eigenvalue weighted by Gasteiger charge is -2.36. The van der Waals surface area contributed by atoms with Gasteiger partial charge in [0.1, 0.15) is 0 Å². The second-order valence-electron chi connectivity index (χ2n) is 4.61. The maximum absolute atomic E-state index is 13.1. The lowest BCUT2D eigenvalue weighted by Crippen LogP contribution is -2.35. The molecule has 0 amide bonds. The molecular formula is C10H19F2N. The van der Waals surface area contributed by atoms with Gasteiger partial charge in [-0.1, -0.05) is 26.2 Å². The second-order valence-corrected chi connectivity index (χ2v) is 4.61. The molecule has 1 saturated carbocycles. The Kier molecular flexibility index (Phi) is 3.28. The van der Waals surface area contributed by atoms with E-state index in [1.54, 1.807) is 0 Å². The molecule has 1 rings (SSSR count). The van der Waals surface area contributed by atoms with Gasteiger partial charge in [-0.25, -0.2) is 8.78 Å². The van der Waals surface area contributed by atoms with Crippen LogP contribution in [0.4, 0.5) is 8.78 Å². The molecular weight excluding hydrogens is 172 g/mol. The fraction of sp³-hybridized carbons (Fsp3) is 1.00. The van der Waals surface area contributed by atoms with E-state index in [2.05, 4.69) is 0 Å². The quantitative estimate of drug-likeness (QED) is 0.729. The molecule has 0 aromatic carbocycles. The molecule has 1 fully saturated rings. The Labute approximate surface area is 78.7 Å². The van der Waals surface area contributed by atoms with Gasteiger partial charge in [-0.2, -0.15) is 0 Å². The molecule has 0 heterocycles. The summed E-state index contributed by atoms with van der Waals surface area (Å²) < 4.78 is 26.1. The average molecular weight is 191 g/mol. The van der Waals surface area contributed by atoms with Gasteiger partial charge in [-0.05, 0) is 18.3 Å². The molecule has 1 nitrogen and oxygen atoms in total. The highest BCUT2D eigenvalue weighted by Crippen LogP contribution is 2.43. The molecule has 0 aliphatic heterocycles. The van der Waals surface area contributed by atoms with E-state index < -0.39 is 12.5 Å². The van der Waals surface area contributed by atoms with Crippen molar-refractivity contribution in [3.05, 3.63) is 0 Å². The van der Waals surface area contributed by atoms with E-state index in [-0.39, 0.29) is 11.8 Å². The van der Waals surface area contributed by atoms with Crippen LogP contribution >= 0.6 is 0 Å². The van der Waals surface area contributed by atoms with Crippen LogP contribution in [0.1, 0.15) is 45.4 Å². The number of rotatable bonds is 3. The Morgan fingerprint density at radius 2 is 1.77 bits per heavy atom. The van der Waals surface area contributed by atoms with E-state index in [0.717, 1.165) is 25.7 Å². The predicted octanol–water partition coefficient (Wildman–Crippen LogP) is 2.94. The van der Waals surface area contributed by atoms with Crippen LogP contribution in [-0.2, 0) is 0 Å². The molecule has 0 aromatic rings. The van der Waals surface area contributed by atoms with E-state index in [4.69, 9.17) is 5.73 Å². The van der Waals surface area contributed by atoms with Gasteiger partial charge in [-0.15, -0.1) is 0 Å². The highest BCUT2D eigenvalue weighted by molar-refractivity contribution is 4.84. The number of alkyl halides is 2. The molecule has 0 unspecified atom stereocenters. The molecule has 2 N–H and O–H groups in total. The SMILES string of the molecule is CC1(CC(F)(F)CN)CCCCC1. The van der Waals surface area contributed by atoms with Crippen molar-refractivity contribution in [2.75, 3.05) is 6.54 Å². The minimum absolute atomic E-state index is 0.0312. The monoisotopic (exact) mass is 191 g/mol. The van der Waals surface area contributed by atoms with Gasteiger partial charge in [0.2, 0.25) is 0 Å². The zero-order valence-electron chi connectivity index (χ0n) is 8.28. The van der Waals surface area contributed by atoms with E-state index in [1.807, 2.05) is 6.92 Å². The van der Waals surface area contributed by atoms with Gasteiger partial charge in [0.15, 0.2) is 0 Å². The molecule has 78 valence electrons. The minimum atomic E-state index is -2.66. The van der Waals surface area contributed by atoms with Crippen LogP contribution in [0.3, 0.4) is 0 Å². The van der Waals surface area contributed by atoms with Gasteiger partial charge < -0.3 is 5.73 Å². The van der Waals surface area contributed by atoms with Gasteiger partial charge in [-0.3, -0.25) is 0 Å². The van der Waals surface area contributed by atoms with E-state index in [1.165, 1.54) is 6.42 Å². The third-order valence-electron chi connectivity index (χ3n) is 3.04. The zero-order chi connectivity index (χ0) is 9.95. The van der Waals surface area contributed by atoms with Crippen molar-refractivity contribution in [3.8, 4) is 0 Å². The maximum atomic E-state index is 13.1. The van der Waals surface area contributed by atoms with Crippen LogP contribution in [-0.4, -0.2) is 12.5 Å². The zero-order valence-corrected chi connectivity index (χ0v) is 8.28. The number of hydrogen-bond acceptors (Lipinski definition) is 1. The van der Waals surface area contributed by atoms with Gasteiger partial charge in [0.25, 0.3) is 5.92 Å². The standard InChI is InChI=1S/C10H19F2N/c1-9(5-3-2-4-6-9)7-10(11,12)8-13/h2-8,13H2,1H3. The summed E-state index contributed by atoms with van der Waals surface area (Å²) in [5, 5.41) is 0. The summed E-state index contributed by atoms with van der Waals surface area (Å²) in [6.07, 6.45) is 5.22. The van der Waals surface area contributed by atoms with Crippen molar-refractivity contribution in [2.45, 2.75) is 51.4 Å². The fourth-order valence-electron chi connectivity index (χ4n) is 2.28. The normalized spacial score (nSPS) is 23.1. The Balaban J connectivity index is 2.49. The van der Waals surface area contributed by atoms with E-state index in [0.29, 0.717) is 0 Å². The third-order valence-corrected chi connectivity index (χ3v) is 3.04. The summed E-state index contributed by atoms with van der Waals surface area (Å²) in [4.78, 5) is 0. The van der Waals surface area contributed by atoms with Gasteiger partial charge in [0.05, 0.1) is 6.54 Å². The van der Waals surface area contributed by atoms with Crippen LogP contribution in [0.5, 0.6) is 0 Å². The summed E-state index contributed by atoms with van der Waals surface area (Å²) in [5.41, 5.74) is 4.87. The molecule has 13 heavy (non-hydrogen) atoms. The summed E-state index contributed by atoms with van der Waals surface area (Å²) in [6.45, 7) is 1.46. The topological polar surface area (TPSA) is 26.0 Å². The highest BCUT2D eigenvalue weighted by atomic mass is 19.3. The van der Waals surface area contributed by atoms with Crippen molar-refractivity contribution in [3.63, 3.8) is 0 Å². The lowest BCUT2D eigenvalue weighted by atomic mass is 9.72. The first kappa shape index (κ1) is 10.9. The Bertz CT molecular complexity index is 162. The molecule has 0 atom stereocenters. The van der Waals surface area contributed by atoms with E-state index >= 15 is 0 Å². The van der Waals surface area contributed by atoms with Crippen LogP contribution < -0.4 is 5.73 Å². The highest BCUT2D eigenvalue weighted by Gasteiger charge is 2.38. The van der Waals surface area contributed by atoms with Crippen molar-refractivity contribution < 1.29 is 8.78 Å². The molecule has 1 aliphatic rings. The minimum Gasteiger partial charge on any atom is -0.325 e. The first-order valence-corrected chi connectivity index (χ1v) is 5.05. The van der Waals surface area contributed by atoms with Crippen molar-refractivity contribution in [1.29, 1.82) is 0 Å². The van der Waals surface area contributed by atoms with Crippen LogP contribution in [0.25, 0.3) is 0 Å². The molecule has 3 heteroatoms. The van der Waals surface area contributed by atoms with Crippen LogP contribution in [0.2, 0.25) is 0 Å². The Hall–Kier alpha value is -0.180. The molecule has 1 aliphatic carbocycles. The first-order chi connectivity index (χ1) is 5.97. The molecule has 0 aromatic heterocycles.